The van der Waals surface area contributed by atoms with Gasteiger partial charge in [-0.15, -0.1) is 0 Å². The number of nitrogens with zero attached hydrogens (tertiary/aromatic N) is 2. The molecule has 3 aromatic rings. The Labute approximate surface area is 175 Å². The molecular weight excluding hydrogens is 384 g/mol. The number of hydrogen-bond donors (Lipinski definition) is 0. The number of aryl methyl sites for hydroxylation is 1. The minimum atomic E-state index is -0.496. The van der Waals surface area contributed by atoms with E-state index in [0.29, 0.717) is 51.4 Å². The smallest absolute Gasteiger partial charge is 0.270 e. The molecule has 0 N–H and O–H groups in total. The molecular formula is C23H26N2O5. The molecule has 2 aliphatic rings. The molecule has 2 aliphatic heterocycles. The lowest BCUT2D eigenvalue weighted by Gasteiger charge is -2.37. The van der Waals surface area contributed by atoms with Gasteiger partial charge in [0.25, 0.3) is 5.91 Å². The van der Waals surface area contributed by atoms with Crippen molar-refractivity contribution in [3.63, 3.8) is 0 Å². The Morgan fingerprint density at radius 3 is 2.63 bits per heavy atom. The first-order chi connectivity index (χ1) is 14.6. The Morgan fingerprint density at radius 2 is 1.90 bits per heavy atom. The molecule has 4 heterocycles. The van der Waals surface area contributed by atoms with Crippen molar-refractivity contribution in [3.05, 3.63) is 53.4 Å². The van der Waals surface area contributed by atoms with Gasteiger partial charge in [-0.1, -0.05) is 12.1 Å². The molecule has 0 aliphatic carbocycles. The number of rotatable bonds is 4. The molecule has 7 heteroatoms. The summed E-state index contributed by atoms with van der Waals surface area (Å²) in [6.45, 7) is 4.97. The fourth-order valence-electron chi connectivity index (χ4n) is 4.46. The normalized spacial score (nSPS) is 18.4. The Hall–Kier alpha value is -2.77. The maximum absolute atomic E-state index is 13.4. The van der Waals surface area contributed by atoms with Gasteiger partial charge in [0.2, 0.25) is 0 Å². The van der Waals surface area contributed by atoms with Crippen LogP contribution in [-0.2, 0) is 16.0 Å². The Balaban J connectivity index is 1.44. The monoisotopic (exact) mass is 410 g/mol. The molecule has 1 spiro atoms. The number of carbonyl (C=O) groups excluding carboxylic acids is 1. The molecule has 0 unspecified atom stereocenters. The van der Waals surface area contributed by atoms with Gasteiger partial charge >= 0.3 is 0 Å². The minimum absolute atomic E-state index is 0.00907. The van der Waals surface area contributed by atoms with E-state index < -0.39 is 5.79 Å². The molecule has 2 saturated heterocycles. The van der Waals surface area contributed by atoms with Crippen LogP contribution in [0, 0.1) is 6.92 Å². The summed E-state index contributed by atoms with van der Waals surface area (Å²) in [5, 5.41) is 0. The van der Waals surface area contributed by atoms with Gasteiger partial charge in [-0.2, -0.15) is 0 Å². The Morgan fingerprint density at radius 1 is 1.13 bits per heavy atom. The van der Waals surface area contributed by atoms with Crippen molar-refractivity contribution in [1.29, 1.82) is 0 Å². The summed E-state index contributed by atoms with van der Waals surface area (Å²) in [5.74, 6) is 1.14. The standard InChI is InChI=1S/C23H26N2O5/c1-16-12-19-21(30-16)14-20(25(19)15-17-4-3-5-18(13-17)27-2)22(26)24-8-6-23(7-9-24)28-10-11-29-23/h3-5,12-14H,6-11,15H2,1-2H3. The lowest BCUT2D eigenvalue weighted by molar-refractivity contribution is -0.181. The summed E-state index contributed by atoms with van der Waals surface area (Å²) in [5.41, 5.74) is 3.35. The number of piperidine rings is 1. The van der Waals surface area contributed by atoms with Crippen molar-refractivity contribution in [2.75, 3.05) is 33.4 Å². The van der Waals surface area contributed by atoms with Crippen molar-refractivity contribution < 1.29 is 23.4 Å². The third kappa shape index (κ3) is 3.38. The molecule has 2 fully saturated rings. The first kappa shape index (κ1) is 19.2. The average molecular weight is 410 g/mol. The van der Waals surface area contributed by atoms with E-state index in [0.717, 1.165) is 28.2 Å². The van der Waals surface area contributed by atoms with E-state index in [1.807, 2.05) is 52.8 Å². The zero-order chi connectivity index (χ0) is 20.7. The quantitative estimate of drug-likeness (QED) is 0.658. The van der Waals surface area contributed by atoms with Crippen LogP contribution in [0.3, 0.4) is 0 Å². The fourth-order valence-corrected chi connectivity index (χ4v) is 4.46. The van der Waals surface area contributed by atoms with E-state index in [2.05, 4.69) is 0 Å². The summed E-state index contributed by atoms with van der Waals surface area (Å²) < 4.78 is 24.8. The third-order valence-corrected chi connectivity index (χ3v) is 6.03. The number of furan rings is 1. The number of ether oxygens (including phenoxy) is 3. The molecule has 1 aromatic carbocycles. The zero-order valence-electron chi connectivity index (χ0n) is 17.3. The summed E-state index contributed by atoms with van der Waals surface area (Å²) in [7, 11) is 1.66. The van der Waals surface area contributed by atoms with Crippen LogP contribution >= 0.6 is 0 Å². The highest BCUT2D eigenvalue weighted by molar-refractivity contribution is 5.97. The predicted octanol–water partition coefficient (Wildman–Crippen LogP) is 3.58. The predicted molar refractivity (Wildman–Crippen MR) is 111 cm³/mol. The highest BCUT2D eigenvalue weighted by Crippen LogP contribution is 2.33. The molecule has 0 bridgehead atoms. The molecule has 1 amide bonds. The van der Waals surface area contributed by atoms with Gasteiger partial charge in [0.15, 0.2) is 11.4 Å². The van der Waals surface area contributed by atoms with Gasteiger partial charge in [0.1, 0.15) is 17.2 Å². The fraction of sp³-hybridized carbons (Fsp3) is 0.435. The highest BCUT2D eigenvalue weighted by atomic mass is 16.7. The van der Waals surface area contributed by atoms with Crippen molar-refractivity contribution >= 4 is 17.0 Å². The third-order valence-electron chi connectivity index (χ3n) is 6.03. The Bertz CT molecular complexity index is 1070. The van der Waals surface area contributed by atoms with E-state index in [1.54, 1.807) is 7.11 Å². The molecule has 7 nitrogen and oxygen atoms in total. The topological polar surface area (TPSA) is 66.1 Å². The van der Waals surface area contributed by atoms with Gasteiger partial charge in [-0.25, -0.2) is 0 Å². The second-order valence-electron chi connectivity index (χ2n) is 7.97. The van der Waals surface area contributed by atoms with E-state index in [-0.39, 0.29) is 5.91 Å². The van der Waals surface area contributed by atoms with Gasteiger partial charge in [-0.05, 0) is 24.6 Å². The maximum atomic E-state index is 13.4. The van der Waals surface area contributed by atoms with Crippen LogP contribution in [0.2, 0.25) is 0 Å². The minimum Gasteiger partial charge on any atom is -0.497 e. The van der Waals surface area contributed by atoms with E-state index in [4.69, 9.17) is 18.6 Å². The first-order valence-corrected chi connectivity index (χ1v) is 10.4. The van der Waals surface area contributed by atoms with Crippen molar-refractivity contribution in [2.45, 2.75) is 32.1 Å². The molecule has 158 valence electrons. The number of methoxy groups -OCH3 is 1. The number of carbonyl (C=O) groups is 1. The van der Waals surface area contributed by atoms with Crippen LogP contribution in [-0.4, -0.2) is 54.6 Å². The van der Waals surface area contributed by atoms with Crippen LogP contribution in [0.15, 0.2) is 40.8 Å². The number of amides is 1. The van der Waals surface area contributed by atoms with E-state index >= 15 is 0 Å². The van der Waals surface area contributed by atoms with Crippen molar-refractivity contribution in [1.82, 2.24) is 9.47 Å². The number of fused-ring (bicyclic) bond motifs is 1. The van der Waals surface area contributed by atoms with Crippen LogP contribution in [0.25, 0.3) is 11.1 Å². The highest BCUT2D eigenvalue weighted by Gasteiger charge is 2.41. The second kappa shape index (κ2) is 7.49. The van der Waals surface area contributed by atoms with Gasteiger partial charge in [-0.3, -0.25) is 4.79 Å². The summed E-state index contributed by atoms with van der Waals surface area (Å²) >= 11 is 0. The van der Waals surface area contributed by atoms with E-state index in [9.17, 15) is 4.79 Å². The van der Waals surface area contributed by atoms with Crippen LogP contribution in [0.4, 0.5) is 0 Å². The molecule has 0 radical (unpaired) electrons. The SMILES string of the molecule is COc1cccc(Cn2c(C(=O)N3CCC4(CC3)OCCO4)cc3oc(C)cc32)c1. The average Bonchev–Trinajstić information content (AvgIpc) is 3.44. The molecule has 30 heavy (non-hydrogen) atoms. The lowest BCUT2D eigenvalue weighted by atomic mass is 10.0. The number of hydrogen-bond acceptors (Lipinski definition) is 5. The molecule has 0 atom stereocenters. The summed E-state index contributed by atoms with van der Waals surface area (Å²) in [6, 6.07) is 11.7. The first-order valence-electron chi connectivity index (χ1n) is 10.4. The maximum Gasteiger partial charge on any atom is 0.270 e. The number of likely N-dealkylation sites (tertiary alicyclic amines) is 1. The Kier molecular flexibility index (Phi) is 4.79. The van der Waals surface area contributed by atoms with Crippen LogP contribution in [0.5, 0.6) is 5.75 Å². The van der Waals surface area contributed by atoms with E-state index in [1.165, 1.54) is 0 Å². The van der Waals surface area contributed by atoms with Gasteiger partial charge < -0.3 is 28.1 Å². The van der Waals surface area contributed by atoms with Crippen LogP contribution in [0.1, 0.15) is 34.7 Å². The summed E-state index contributed by atoms with van der Waals surface area (Å²) in [4.78, 5) is 15.3. The van der Waals surface area contributed by atoms with Crippen molar-refractivity contribution in [3.8, 4) is 5.75 Å². The summed E-state index contributed by atoms with van der Waals surface area (Å²) in [6.07, 6.45) is 1.40. The lowest BCUT2D eigenvalue weighted by Crippen LogP contribution is -2.47. The largest absolute Gasteiger partial charge is 0.497 e. The second-order valence-corrected chi connectivity index (χ2v) is 7.97. The number of aromatic nitrogens is 1. The zero-order valence-corrected chi connectivity index (χ0v) is 17.3. The van der Waals surface area contributed by atoms with Crippen molar-refractivity contribution in [2.24, 2.45) is 0 Å². The molecule has 0 saturated carbocycles. The van der Waals surface area contributed by atoms with Gasteiger partial charge in [0, 0.05) is 44.6 Å². The van der Waals surface area contributed by atoms with Crippen LogP contribution < -0.4 is 4.74 Å². The molecule has 2 aromatic heterocycles. The molecule has 5 rings (SSSR count). The van der Waals surface area contributed by atoms with Gasteiger partial charge in [0.05, 0.1) is 25.8 Å². The number of benzene rings is 1.